The Kier molecular flexibility index (Phi) is 2.64. The van der Waals surface area contributed by atoms with Crippen LogP contribution in [0.3, 0.4) is 0 Å². The highest BCUT2D eigenvalue weighted by Crippen LogP contribution is 2.23. The molecule has 1 aliphatic rings. The van der Waals surface area contributed by atoms with Gasteiger partial charge < -0.3 is 5.32 Å². The Labute approximate surface area is 84.3 Å². The monoisotopic (exact) mass is 189 g/mol. The van der Waals surface area contributed by atoms with Crippen molar-refractivity contribution in [2.75, 3.05) is 6.54 Å². The number of nitrogens with one attached hydrogen (secondary N) is 1. The van der Waals surface area contributed by atoms with Gasteiger partial charge in [-0.25, -0.2) is 0 Å². The molecular formula is C12H15NO. The van der Waals surface area contributed by atoms with Crippen molar-refractivity contribution in [2.45, 2.75) is 25.3 Å². The van der Waals surface area contributed by atoms with Crippen molar-refractivity contribution in [1.29, 1.82) is 0 Å². The zero-order chi connectivity index (χ0) is 9.97. The maximum Gasteiger partial charge on any atom is 0.158 e. The van der Waals surface area contributed by atoms with Crippen molar-refractivity contribution >= 4 is 5.78 Å². The van der Waals surface area contributed by atoms with Crippen LogP contribution in [0, 0.1) is 0 Å². The molecule has 2 rings (SSSR count). The Morgan fingerprint density at radius 1 is 1.36 bits per heavy atom. The summed E-state index contributed by atoms with van der Waals surface area (Å²) in [6.07, 6.45) is 0.891. The van der Waals surface area contributed by atoms with Gasteiger partial charge in [0.2, 0.25) is 0 Å². The third-order valence-corrected chi connectivity index (χ3v) is 2.87. The molecule has 0 aromatic heterocycles. The van der Waals surface area contributed by atoms with E-state index in [1.165, 1.54) is 0 Å². The average Bonchev–Trinajstić information content (AvgIpc) is 2.61. The molecule has 0 spiro atoms. The zero-order valence-corrected chi connectivity index (χ0v) is 8.36. The molecule has 1 saturated heterocycles. The maximum absolute atomic E-state index is 11.9. The van der Waals surface area contributed by atoms with E-state index >= 15 is 0 Å². The van der Waals surface area contributed by atoms with Crippen molar-refractivity contribution in [1.82, 2.24) is 5.32 Å². The molecular weight excluding hydrogens is 174 g/mol. The Morgan fingerprint density at radius 2 is 2.07 bits per heavy atom. The minimum atomic E-state index is 0.0696. The van der Waals surface area contributed by atoms with Crippen LogP contribution in [-0.4, -0.2) is 18.4 Å². The second kappa shape index (κ2) is 3.93. The molecule has 1 aliphatic heterocycles. The van der Waals surface area contributed by atoms with E-state index in [0.29, 0.717) is 5.78 Å². The molecule has 0 saturated carbocycles. The van der Waals surface area contributed by atoms with Crippen LogP contribution in [0.5, 0.6) is 0 Å². The first-order valence-corrected chi connectivity index (χ1v) is 5.15. The molecule has 14 heavy (non-hydrogen) atoms. The van der Waals surface area contributed by atoms with E-state index in [9.17, 15) is 4.79 Å². The minimum Gasteiger partial charge on any atom is -0.306 e. The number of Topliss-reactive ketones (excluding diaryl/α,β-unsaturated/α-hetero) is 1. The molecule has 2 atom stereocenters. The smallest absolute Gasteiger partial charge is 0.158 e. The van der Waals surface area contributed by atoms with Gasteiger partial charge in [-0.05, 0) is 12.0 Å². The van der Waals surface area contributed by atoms with Crippen LogP contribution in [0.2, 0.25) is 0 Å². The fourth-order valence-electron chi connectivity index (χ4n) is 2.02. The number of benzene rings is 1. The fraction of sp³-hybridized carbons (Fsp3) is 0.417. The van der Waals surface area contributed by atoms with Crippen LogP contribution in [0.15, 0.2) is 30.3 Å². The summed E-state index contributed by atoms with van der Waals surface area (Å²) in [7, 11) is 0. The van der Waals surface area contributed by atoms with Gasteiger partial charge >= 0.3 is 0 Å². The summed E-state index contributed by atoms with van der Waals surface area (Å²) in [5.74, 6) is 0.417. The standard InChI is InChI=1S/C12H15NO/c1-2-11-12(14)10(8-13-11)9-6-4-3-5-7-9/h3-7,10-11,13H,2,8H2,1H3. The van der Waals surface area contributed by atoms with Crippen LogP contribution >= 0.6 is 0 Å². The van der Waals surface area contributed by atoms with Crippen LogP contribution in [0.4, 0.5) is 0 Å². The lowest BCUT2D eigenvalue weighted by Crippen LogP contribution is -2.25. The molecule has 2 heteroatoms. The number of ketones is 1. The van der Waals surface area contributed by atoms with Gasteiger partial charge in [0.25, 0.3) is 0 Å². The predicted octanol–water partition coefficient (Wildman–Crippen LogP) is 1.72. The van der Waals surface area contributed by atoms with Crippen LogP contribution in [0.25, 0.3) is 0 Å². The maximum atomic E-state index is 11.9. The van der Waals surface area contributed by atoms with Gasteiger partial charge in [0, 0.05) is 6.54 Å². The summed E-state index contributed by atoms with van der Waals surface area (Å²) in [5.41, 5.74) is 1.14. The highest BCUT2D eigenvalue weighted by Gasteiger charge is 2.33. The Balaban J connectivity index is 2.18. The molecule has 2 nitrogen and oxygen atoms in total. The molecule has 2 unspecified atom stereocenters. The third-order valence-electron chi connectivity index (χ3n) is 2.87. The van der Waals surface area contributed by atoms with Gasteiger partial charge in [-0.2, -0.15) is 0 Å². The number of hydrogen-bond donors (Lipinski definition) is 1. The summed E-state index contributed by atoms with van der Waals surface area (Å²) in [6, 6.07) is 10.1. The van der Waals surface area contributed by atoms with E-state index in [2.05, 4.69) is 5.32 Å². The van der Waals surface area contributed by atoms with Crippen molar-refractivity contribution in [3.05, 3.63) is 35.9 Å². The first kappa shape index (κ1) is 9.41. The molecule has 0 bridgehead atoms. The Morgan fingerprint density at radius 3 is 2.64 bits per heavy atom. The van der Waals surface area contributed by atoms with E-state index in [1.807, 2.05) is 37.3 Å². The van der Waals surface area contributed by atoms with E-state index in [4.69, 9.17) is 0 Å². The Hall–Kier alpha value is -1.15. The molecule has 0 amide bonds. The Bertz CT molecular complexity index is 320. The normalized spacial score (nSPS) is 26.8. The first-order chi connectivity index (χ1) is 6.83. The number of rotatable bonds is 2. The van der Waals surface area contributed by atoms with Gasteiger partial charge in [-0.3, -0.25) is 4.79 Å². The van der Waals surface area contributed by atoms with Crippen LogP contribution in [-0.2, 0) is 4.79 Å². The van der Waals surface area contributed by atoms with Crippen LogP contribution < -0.4 is 5.32 Å². The van der Waals surface area contributed by atoms with Gasteiger partial charge in [-0.1, -0.05) is 37.3 Å². The minimum absolute atomic E-state index is 0.0696. The SMILES string of the molecule is CCC1NCC(c2ccccc2)C1=O. The summed E-state index contributed by atoms with van der Waals surface area (Å²) >= 11 is 0. The van der Waals surface area contributed by atoms with E-state index in [0.717, 1.165) is 18.5 Å². The number of carbonyl (C=O) groups is 1. The van der Waals surface area contributed by atoms with E-state index in [-0.39, 0.29) is 12.0 Å². The summed E-state index contributed by atoms with van der Waals surface area (Å²) in [5, 5.41) is 3.26. The molecule has 1 N–H and O–H groups in total. The highest BCUT2D eigenvalue weighted by molar-refractivity contribution is 5.92. The second-order valence-electron chi connectivity index (χ2n) is 3.73. The number of hydrogen-bond acceptors (Lipinski definition) is 2. The van der Waals surface area contributed by atoms with E-state index < -0.39 is 0 Å². The number of carbonyl (C=O) groups excluding carboxylic acids is 1. The van der Waals surface area contributed by atoms with Gasteiger partial charge in [-0.15, -0.1) is 0 Å². The molecule has 1 aromatic carbocycles. The first-order valence-electron chi connectivity index (χ1n) is 5.15. The summed E-state index contributed by atoms with van der Waals surface area (Å²) < 4.78 is 0. The average molecular weight is 189 g/mol. The lowest BCUT2D eigenvalue weighted by molar-refractivity contribution is -0.119. The van der Waals surface area contributed by atoms with Crippen molar-refractivity contribution in [3.63, 3.8) is 0 Å². The van der Waals surface area contributed by atoms with Crippen molar-refractivity contribution in [2.24, 2.45) is 0 Å². The fourth-order valence-corrected chi connectivity index (χ4v) is 2.02. The predicted molar refractivity (Wildman–Crippen MR) is 56.3 cm³/mol. The summed E-state index contributed by atoms with van der Waals surface area (Å²) in [6.45, 7) is 2.84. The van der Waals surface area contributed by atoms with Gasteiger partial charge in [0.1, 0.15) is 0 Å². The lowest BCUT2D eigenvalue weighted by atomic mass is 9.94. The third kappa shape index (κ3) is 1.58. The van der Waals surface area contributed by atoms with E-state index in [1.54, 1.807) is 0 Å². The van der Waals surface area contributed by atoms with Gasteiger partial charge in [0.15, 0.2) is 5.78 Å². The van der Waals surface area contributed by atoms with Crippen molar-refractivity contribution < 1.29 is 4.79 Å². The molecule has 74 valence electrons. The van der Waals surface area contributed by atoms with Gasteiger partial charge in [0.05, 0.1) is 12.0 Å². The van der Waals surface area contributed by atoms with Crippen molar-refractivity contribution in [3.8, 4) is 0 Å². The quantitative estimate of drug-likeness (QED) is 0.767. The lowest BCUT2D eigenvalue weighted by Gasteiger charge is -2.07. The highest BCUT2D eigenvalue weighted by atomic mass is 16.1. The second-order valence-corrected chi connectivity index (χ2v) is 3.73. The topological polar surface area (TPSA) is 29.1 Å². The molecule has 1 fully saturated rings. The largest absolute Gasteiger partial charge is 0.306 e. The molecule has 1 heterocycles. The molecule has 0 radical (unpaired) electrons. The van der Waals surface area contributed by atoms with Crippen LogP contribution in [0.1, 0.15) is 24.8 Å². The molecule has 0 aliphatic carbocycles. The zero-order valence-electron chi connectivity index (χ0n) is 8.36. The molecule has 1 aromatic rings. The summed E-state index contributed by atoms with van der Waals surface area (Å²) in [4.78, 5) is 11.9.